The van der Waals surface area contributed by atoms with Gasteiger partial charge in [0.15, 0.2) is 5.13 Å². The first kappa shape index (κ1) is 23.5. The van der Waals surface area contributed by atoms with Crippen LogP contribution in [0.3, 0.4) is 0 Å². The molecule has 1 saturated heterocycles. The van der Waals surface area contributed by atoms with Gasteiger partial charge in [0.1, 0.15) is 23.4 Å². The van der Waals surface area contributed by atoms with Gasteiger partial charge in [-0.05, 0) is 66.6 Å². The van der Waals surface area contributed by atoms with Crippen LogP contribution >= 0.6 is 22.9 Å². The molecule has 0 spiro atoms. The number of carbonyl (C=O) groups is 2. The molecule has 0 radical (unpaired) electrons. The fourth-order valence-corrected chi connectivity index (χ4v) is 6.14. The Morgan fingerprint density at radius 3 is 2.81 bits per heavy atom. The van der Waals surface area contributed by atoms with Gasteiger partial charge in [-0.1, -0.05) is 35.1 Å². The van der Waals surface area contributed by atoms with Crippen LogP contribution in [0, 0.1) is 0 Å². The minimum Gasteiger partial charge on any atom is -0.507 e. The largest absolute Gasteiger partial charge is 0.507 e. The third-order valence-corrected chi connectivity index (χ3v) is 7.82. The van der Waals surface area contributed by atoms with E-state index >= 15 is 0 Å². The summed E-state index contributed by atoms with van der Waals surface area (Å²) in [6.45, 7) is 1.97. The van der Waals surface area contributed by atoms with Crippen LogP contribution in [0.1, 0.15) is 29.7 Å². The third-order valence-electron chi connectivity index (χ3n) is 6.57. The number of fused-ring (bicyclic) bond motifs is 2. The second kappa shape index (κ2) is 8.90. The number of thiazole rings is 1. The van der Waals surface area contributed by atoms with E-state index in [1.165, 1.54) is 16.2 Å². The lowest BCUT2D eigenvalue weighted by Crippen LogP contribution is -2.29. The van der Waals surface area contributed by atoms with Crippen LogP contribution in [-0.4, -0.2) is 35.0 Å². The highest BCUT2D eigenvalue weighted by Crippen LogP contribution is 2.45. The zero-order valence-electron chi connectivity index (χ0n) is 19.9. The van der Waals surface area contributed by atoms with Gasteiger partial charge in [0.25, 0.3) is 5.78 Å². The predicted molar refractivity (Wildman–Crippen MR) is 143 cm³/mol. The van der Waals surface area contributed by atoms with Crippen LogP contribution in [0.15, 0.2) is 66.2 Å². The first-order valence-electron chi connectivity index (χ1n) is 11.6. The number of hydrogen-bond acceptors (Lipinski definition) is 7. The summed E-state index contributed by atoms with van der Waals surface area (Å²) in [5.41, 5.74) is 2.63. The quantitative estimate of drug-likeness (QED) is 0.200. The van der Waals surface area contributed by atoms with Crippen molar-refractivity contribution in [1.82, 2.24) is 4.98 Å². The van der Waals surface area contributed by atoms with Crippen molar-refractivity contribution in [2.75, 3.05) is 12.0 Å². The predicted octanol–water partition coefficient (Wildman–Crippen LogP) is 5.91. The lowest BCUT2D eigenvalue weighted by atomic mass is 9.94. The summed E-state index contributed by atoms with van der Waals surface area (Å²) in [7, 11) is 1.54. The fraction of sp³-hybridized carbons (Fsp3) is 0.179. The molecule has 1 fully saturated rings. The second-order valence-electron chi connectivity index (χ2n) is 9.01. The van der Waals surface area contributed by atoms with Gasteiger partial charge in [0, 0.05) is 17.0 Å². The van der Waals surface area contributed by atoms with Crippen LogP contribution in [0.5, 0.6) is 11.5 Å². The Balaban J connectivity index is 1.54. The van der Waals surface area contributed by atoms with Crippen molar-refractivity contribution in [3.63, 3.8) is 0 Å². The Kier molecular flexibility index (Phi) is 5.66. The highest BCUT2D eigenvalue weighted by molar-refractivity contribution is 7.22. The van der Waals surface area contributed by atoms with E-state index < -0.39 is 17.7 Å². The van der Waals surface area contributed by atoms with Gasteiger partial charge in [-0.3, -0.25) is 14.5 Å². The molecule has 1 N–H and O–H groups in total. The van der Waals surface area contributed by atoms with Crippen LogP contribution < -0.4 is 14.4 Å². The normalized spacial score (nSPS) is 20.4. The van der Waals surface area contributed by atoms with Crippen molar-refractivity contribution in [3.8, 4) is 11.5 Å². The Labute approximate surface area is 221 Å². The van der Waals surface area contributed by atoms with Gasteiger partial charge < -0.3 is 14.6 Å². The number of ketones is 1. The lowest BCUT2D eigenvalue weighted by Gasteiger charge is -2.23. The van der Waals surface area contributed by atoms with Crippen LogP contribution in [0.2, 0.25) is 5.02 Å². The number of carbonyl (C=O) groups excluding carboxylic acids is 2. The Morgan fingerprint density at radius 1 is 1.16 bits per heavy atom. The van der Waals surface area contributed by atoms with E-state index in [4.69, 9.17) is 21.1 Å². The minimum atomic E-state index is -0.908. The number of Topliss-reactive ketones (excluding diaryl/α,β-unsaturated/α-hetero) is 1. The van der Waals surface area contributed by atoms with Gasteiger partial charge in [-0.15, -0.1) is 0 Å². The summed E-state index contributed by atoms with van der Waals surface area (Å²) in [4.78, 5) is 32.9. The number of nitrogens with zero attached hydrogens (tertiary/aromatic N) is 2. The van der Waals surface area contributed by atoms with E-state index in [1.54, 1.807) is 61.7 Å². The molecule has 2 atom stereocenters. The highest BCUT2D eigenvalue weighted by atomic mass is 35.5. The maximum atomic E-state index is 13.5. The second-order valence-corrected chi connectivity index (χ2v) is 10.5. The summed E-state index contributed by atoms with van der Waals surface area (Å²) in [5, 5.41) is 12.4. The SMILES string of the molecule is COc1cccc(C2/C(=C(\O)c3ccc4c(c3)CC(C)O4)C(=O)C(=O)N2c2nc3ccc(Cl)cc3s2)c1. The van der Waals surface area contributed by atoms with Crippen molar-refractivity contribution in [2.45, 2.75) is 25.5 Å². The summed E-state index contributed by atoms with van der Waals surface area (Å²) in [5.74, 6) is -0.490. The standard InChI is InChI=1S/C28H21ClN2O5S/c1-14-10-17-11-16(6-9-21(17)36-14)25(32)23-24(15-4-3-5-19(12-15)35-2)31(27(34)26(23)33)28-30-20-8-7-18(29)13-22(20)37-28/h3-9,11-14,24,32H,10H2,1-2H3/b25-23+. The molecule has 6 rings (SSSR count). The summed E-state index contributed by atoms with van der Waals surface area (Å²) in [6, 6.07) is 16.7. The zero-order valence-corrected chi connectivity index (χ0v) is 21.5. The molecule has 0 aliphatic carbocycles. The number of aromatic nitrogens is 1. The maximum absolute atomic E-state index is 13.5. The molecule has 2 aliphatic heterocycles. The number of aliphatic hydroxyl groups is 1. The topological polar surface area (TPSA) is 89.0 Å². The lowest BCUT2D eigenvalue weighted by molar-refractivity contribution is -0.132. The van der Waals surface area contributed by atoms with E-state index in [1.807, 2.05) is 13.0 Å². The van der Waals surface area contributed by atoms with E-state index in [0.29, 0.717) is 39.0 Å². The van der Waals surface area contributed by atoms with E-state index in [-0.39, 0.29) is 17.4 Å². The van der Waals surface area contributed by atoms with Gasteiger partial charge in [-0.25, -0.2) is 4.98 Å². The molecule has 9 heteroatoms. The first-order chi connectivity index (χ1) is 17.8. The average Bonchev–Trinajstić information content (AvgIpc) is 3.55. The number of anilines is 1. The zero-order chi connectivity index (χ0) is 25.8. The molecule has 186 valence electrons. The molecule has 3 aromatic carbocycles. The maximum Gasteiger partial charge on any atom is 0.301 e. The summed E-state index contributed by atoms with van der Waals surface area (Å²) >= 11 is 7.41. The first-order valence-corrected chi connectivity index (χ1v) is 12.8. The minimum absolute atomic E-state index is 0.0116. The highest BCUT2D eigenvalue weighted by Gasteiger charge is 2.48. The van der Waals surface area contributed by atoms with Crippen molar-refractivity contribution in [2.24, 2.45) is 0 Å². The number of amides is 1. The average molecular weight is 533 g/mol. The molecular weight excluding hydrogens is 512 g/mol. The van der Waals surface area contributed by atoms with Crippen LogP contribution in [0.4, 0.5) is 5.13 Å². The molecule has 7 nitrogen and oxygen atoms in total. The van der Waals surface area contributed by atoms with Crippen LogP contribution in [0.25, 0.3) is 16.0 Å². The molecule has 0 bridgehead atoms. The van der Waals surface area contributed by atoms with Gasteiger partial charge in [0.2, 0.25) is 0 Å². The Hall–Kier alpha value is -3.88. The number of hydrogen-bond donors (Lipinski definition) is 1. The smallest absolute Gasteiger partial charge is 0.301 e. The fourth-order valence-electron chi connectivity index (χ4n) is 4.87. The number of rotatable bonds is 4. The van der Waals surface area contributed by atoms with E-state index in [0.717, 1.165) is 16.0 Å². The van der Waals surface area contributed by atoms with E-state index in [2.05, 4.69) is 4.98 Å². The summed E-state index contributed by atoms with van der Waals surface area (Å²) < 4.78 is 12.0. The third kappa shape index (κ3) is 3.93. The number of halogens is 1. The molecule has 3 heterocycles. The molecule has 1 aromatic heterocycles. The number of methoxy groups -OCH3 is 1. The van der Waals surface area contributed by atoms with E-state index in [9.17, 15) is 14.7 Å². The van der Waals surface area contributed by atoms with Crippen molar-refractivity contribution >= 4 is 55.7 Å². The van der Waals surface area contributed by atoms with Gasteiger partial charge in [-0.2, -0.15) is 0 Å². The molecule has 1 amide bonds. The molecule has 2 unspecified atom stereocenters. The number of ether oxygens (including phenoxy) is 2. The number of benzene rings is 3. The van der Waals surface area contributed by atoms with Crippen molar-refractivity contribution < 1.29 is 24.2 Å². The monoisotopic (exact) mass is 532 g/mol. The van der Waals surface area contributed by atoms with Gasteiger partial charge in [0.05, 0.1) is 28.9 Å². The molecular formula is C28H21ClN2O5S. The summed E-state index contributed by atoms with van der Waals surface area (Å²) in [6.07, 6.45) is 0.723. The van der Waals surface area contributed by atoms with Crippen molar-refractivity contribution in [1.29, 1.82) is 0 Å². The Bertz CT molecular complexity index is 1630. The molecule has 4 aromatic rings. The molecule has 37 heavy (non-hydrogen) atoms. The Morgan fingerprint density at radius 2 is 2.00 bits per heavy atom. The van der Waals surface area contributed by atoms with Crippen molar-refractivity contribution in [3.05, 3.63) is 87.9 Å². The van der Waals surface area contributed by atoms with Gasteiger partial charge >= 0.3 is 5.91 Å². The molecule has 0 saturated carbocycles. The van der Waals surface area contributed by atoms with Crippen LogP contribution in [-0.2, 0) is 16.0 Å². The number of aliphatic hydroxyl groups excluding tert-OH is 1. The molecule has 2 aliphatic rings.